The van der Waals surface area contributed by atoms with Crippen molar-refractivity contribution in [3.05, 3.63) is 64.7 Å². The van der Waals surface area contributed by atoms with E-state index in [2.05, 4.69) is 30.5 Å². The van der Waals surface area contributed by atoms with E-state index in [-0.39, 0.29) is 17.1 Å². The second kappa shape index (κ2) is 9.24. The molecule has 5 rings (SSSR count). The molecule has 2 aliphatic rings. The number of fused-ring (bicyclic) bond motifs is 1. The normalized spacial score (nSPS) is 20.0. The minimum atomic E-state index is -0.403. The monoisotopic (exact) mass is 464 g/mol. The standard InChI is InChI=1S/C23H21FN6O2S/c24-15-4-6-19-14(10-15)3-5-17(27-19)12-26-18-2-1-9-30(13-18)22-25-8-7-16(28-22)11-20-21(31)29-23(32)33-20/h3-8,10-11,18,26H,1-2,9,12-13H2,(H,29,31,32). The number of nitrogens with one attached hydrogen (secondary N) is 2. The highest BCUT2D eigenvalue weighted by atomic mass is 32.2. The zero-order valence-electron chi connectivity index (χ0n) is 17.6. The fourth-order valence-corrected chi connectivity index (χ4v) is 4.63. The van der Waals surface area contributed by atoms with Crippen molar-refractivity contribution in [2.45, 2.75) is 25.4 Å². The number of carbonyl (C=O) groups excluding carboxylic acids is 2. The molecule has 0 bridgehead atoms. The van der Waals surface area contributed by atoms with Crippen LogP contribution in [0.5, 0.6) is 0 Å². The summed E-state index contributed by atoms with van der Waals surface area (Å²) in [4.78, 5) is 39.2. The Labute approximate surface area is 193 Å². The Bertz CT molecular complexity index is 1270. The van der Waals surface area contributed by atoms with Gasteiger partial charge in [0.25, 0.3) is 11.1 Å². The molecule has 3 aromatic rings. The molecular formula is C23H21FN6O2S. The Kier molecular flexibility index (Phi) is 6.01. The number of piperidine rings is 1. The highest BCUT2D eigenvalue weighted by Crippen LogP contribution is 2.25. The van der Waals surface area contributed by atoms with Crippen LogP contribution in [-0.4, -0.2) is 45.2 Å². The predicted molar refractivity (Wildman–Crippen MR) is 125 cm³/mol. The zero-order valence-corrected chi connectivity index (χ0v) is 18.4. The number of pyridine rings is 1. The molecule has 8 nitrogen and oxygen atoms in total. The van der Waals surface area contributed by atoms with Gasteiger partial charge >= 0.3 is 0 Å². The second-order valence-electron chi connectivity index (χ2n) is 7.94. The van der Waals surface area contributed by atoms with Crippen LogP contribution in [0.3, 0.4) is 0 Å². The zero-order chi connectivity index (χ0) is 22.8. The number of carbonyl (C=O) groups is 2. The SMILES string of the molecule is O=C1NC(=O)C(=Cc2ccnc(N3CCCC(NCc4ccc5cc(F)ccc5n4)C3)n2)S1. The first-order valence-electron chi connectivity index (χ1n) is 10.6. The van der Waals surface area contributed by atoms with Crippen LogP contribution < -0.4 is 15.5 Å². The van der Waals surface area contributed by atoms with Crippen molar-refractivity contribution in [1.29, 1.82) is 0 Å². The lowest BCUT2D eigenvalue weighted by Crippen LogP contribution is -2.46. The minimum absolute atomic E-state index is 0.240. The number of nitrogens with zero attached hydrogens (tertiary/aromatic N) is 4. The molecular weight excluding hydrogens is 443 g/mol. The van der Waals surface area contributed by atoms with Gasteiger partial charge in [0, 0.05) is 37.3 Å². The maximum Gasteiger partial charge on any atom is 0.290 e. The number of amides is 2. The Morgan fingerprint density at radius 2 is 2.12 bits per heavy atom. The van der Waals surface area contributed by atoms with Crippen molar-refractivity contribution in [3.63, 3.8) is 0 Å². The third-order valence-corrected chi connectivity index (χ3v) is 6.38. The Hall–Kier alpha value is -3.37. The average molecular weight is 465 g/mol. The minimum Gasteiger partial charge on any atom is -0.339 e. The van der Waals surface area contributed by atoms with E-state index in [1.807, 2.05) is 12.1 Å². The molecule has 0 aliphatic carbocycles. The summed E-state index contributed by atoms with van der Waals surface area (Å²) < 4.78 is 13.4. The first kappa shape index (κ1) is 21.5. The Morgan fingerprint density at radius 3 is 2.97 bits per heavy atom. The van der Waals surface area contributed by atoms with Crippen molar-refractivity contribution < 1.29 is 14.0 Å². The summed E-state index contributed by atoms with van der Waals surface area (Å²) in [5, 5.41) is 6.21. The largest absolute Gasteiger partial charge is 0.339 e. The van der Waals surface area contributed by atoms with Crippen molar-refractivity contribution in [2.75, 3.05) is 18.0 Å². The summed E-state index contributed by atoms with van der Waals surface area (Å²) in [6.45, 7) is 2.19. The Balaban J connectivity index is 1.24. The quantitative estimate of drug-likeness (QED) is 0.555. The van der Waals surface area contributed by atoms with Crippen molar-refractivity contribution in [2.24, 2.45) is 0 Å². The molecule has 168 valence electrons. The number of halogens is 1. The summed E-state index contributed by atoms with van der Waals surface area (Å²) in [5.74, 6) is -0.0741. The van der Waals surface area contributed by atoms with Crippen LogP contribution in [0.2, 0.25) is 0 Å². The molecule has 0 saturated carbocycles. The van der Waals surface area contributed by atoms with Gasteiger partial charge in [-0.25, -0.2) is 14.4 Å². The molecule has 1 atom stereocenters. The molecule has 0 radical (unpaired) electrons. The van der Waals surface area contributed by atoms with E-state index in [1.165, 1.54) is 12.1 Å². The molecule has 1 aromatic carbocycles. The third kappa shape index (κ3) is 5.01. The highest BCUT2D eigenvalue weighted by molar-refractivity contribution is 8.18. The number of thioether (sulfide) groups is 1. The first-order valence-corrected chi connectivity index (χ1v) is 11.5. The van der Waals surface area contributed by atoms with Gasteiger partial charge in [-0.2, -0.15) is 0 Å². The number of anilines is 1. The van der Waals surface area contributed by atoms with E-state index in [1.54, 1.807) is 24.4 Å². The van der Waals surface area contributed by atoms with E-state index >= 15 is 0 Å². The summed E-state index contributed by atoms with van der Waals surface area (Å²) in [6.07, 6.45) is 5.28. The maximum absolute atomic E-state index is 13.4. The van der Waals surface area contributed by atoms with Crippen LogP contribution in [0.1, 0.15) is 24.2 Å². The summed E-state index contributed by atoms with van der Waals surface area (Å²) in [5.41, 5.74) is 2.26. The summed E-state index contributed by atoms with van der Waals surface area (Å²) in [6, 6.07) is 10.4. The van der Waals surface area contributed by atoms with Crippen LogP contribution in [0, 0.1) is 5.82 Å². The summed E-state index contributed by atoms with van der Waals surface area (Å²) >= 11 is 0.869. The lowest BCUT2D eigenvalue weighted by atomic mass is 10.1. The topological polar surface area (TPSA) is 100 Å². The average Bonchev–Trinajstić information content (AvgIpc) is 3.14. The molecule has 4 heterocycles. The van der Waals surface area contributed by atoms with Crippen LogP contribution in [0.4, 0.5) is 15.1 Å². The Morgan fingerprint density at radius 1 is 1.21 bits per heavy atom. The van der Waals surface area contributed by atoms with Gasteiger partial charge in [-0.1, -0.05) is 6.07 Å². The van der Waals surface area contributed by atoms with E-state index in [4.69, 9.17) is 0 Å². The third-order valence-electron chi connectivity index (χ3n) is 5.57. The number of hydrogen-bond acceptors (Lipinski definition) is 8. The van der Waals surface area contributed by atoms with Gasteiger partial charge in [-0.05, 0) is 61.0 Å². The fourth-order valence-electron chi connectivity index (χ4n) is 3.96. The molecule has 2 saturated heterocycles. The molecule has 2 fully saturated rings. The number of hydrogen-bond donors (Lipinski definition) is 2. The maximum atomic E-state index is 13.4. The van der Waals surface area contributed by atoms with Gasteiger partial charge in [0.1, 0.15) is 5.82 Å². The van der Waals surface area contributed by atoms with Crippen LogP contribution in [0.15, 0.2) is 47.5 Å². The number of imide groups is 1. The molecule has 2 amide bonds. The second-order valence-corrected chi connectivity index (χ2v) is 8.95. The van der Waals surface area contributed by atoms with E-state index in [0.717, 1.165) is 54.3 Å². The molecule has 1 unspecified atom stereocenters. The molecule has 2 N–H and O–H groups in total. The number of benzene rings is 1. The summed E-state index contributed by atoms with van der Waals surface area (Å²) in [7, 11) is 0. The van der Waals surface area contributed by atoms with Crippen molar-refractivity contribution in [3.8, 4) is 0 Å². The molecule has 10 heteroatoms. The smallest absolute Gasteiger partial charge is 0.290 e. The van der Waals surface area contributed by atoms with Crippen LogP contribution in [-0.2, 0) is 11.3 Å². The van der Waals surface area contributed by atoms with E-state index in [9.17, 15) is 14.0 Å². The van der Waals surface area contributed by atoms with Gasteiger partial charge in [0.05, 0.1) is 21.8 Å². The molecule has 2 aliphatic heterocycles. The van der Waals surface area contributed by atoms with Crippen LogP contribution >= 0.6 is 11.8 Å². The molecule has 33 heavy (non-hydrogen) atoms. The van der Waals surface area contributed by atoms with Gasteiger partial charge < -0.3 is 10.2 Å². The van der Waals surface area contributed by atoms with Crippen molar-refractivity contribution in [1.82, 2.24) is 25.6 Å². The number of rotatable bonds is 5. The van der Waals surface area contributed by atoms with E-state index in [0.29, 0.717) is 23.1 Å². The fraction of sp³-hybridized carbons (Fsp3) is 0.261. The van der Waals surface area contributed by atoms with Gasteiger partial charge in [0.2, 0.25) is 5.95 Å². The van der Waals surface area contributed by atoms with Gasteiger partial charge in [-0.15, -0.1) is 0 Å². The first-order chi connectivity index (χ1) is 16.0. The predicted octanol–water partition coefficient (Wildman–Crippen LogP) is 3.25. The lowest BCUT2D eigenvalue weighted by molar-refractivity contribution is -0.115. The van der Waals surface area contributed by atoms with Crippen LogP contribution in [0.25, 0.3) is 17.0 Å². The van der Waals surface area contributed by atoms with Gasteiger partial charge in [-0.3, -0.25) is 19.9 Å². The number of aromatic nitrogens is 3. The highest BCUT2D eigenvalue weighted by Gasteiger charge is 2.26. The van der Waals surface area contributed by atoms with E-state index < -0.39 is 5.91 Å². The van der Waals surface area contributed by atoms with Gasteiger partial charge in [0.15, 0.2) is 0 Å². The lowest BCUT2D eigenvalue weighted by Gasteiger charge is -2.33. The molecule has 2 aromatic heterocycles. The molecule has 0 spiro atoms. The van der Waals surface area contributed by atoms with Crippen molar-refractivity contribution >= 4 is 45.8 Å².